The number of aromatic nitrogens is 4. The van der Waals surface area contributed by atoms with Gasteiger partial charge in [0.1, 0.15) is 5.82 Å². The van der Waals surface area contributed by atoms with Crippen molar-refractivity contribution in [2.45, 2.75) is 57.5 Å². The van der Waals surface area contributed by atoms with E-state index in [9.17, 15) is 5.11 Å². The summed E-state index contributed by atoms with van der Waals surface area (Å²) in [5.41, 5.74) is 1.25. The van der Waals surface area contributed by atoms with Gasteiger partial charge in [0.25, 0.3) is 0 Å². The zero-order chi connectivity index (χ0) is 14.9. The number of fused-ring (bicyclic) bond motifs is 1. The van der Waals surface area contributed by atoms with Crippen molar-refractivity contribution in [1.82, 2.24) is 24.4 Å². The number of hydrogen-bond donors (Lipinski definition) is 2. The van der Waals surface area contributed by atoms with E-state index in [-0.39, 0.29) is 12.1 Å². The molecule has 1 fully saturated rings. The summed E-state index contributed by atoms with van der Waals surface area (Å²) in [5, 5.41) is 13.8. The fraction of sp³-hybridized carbons (Fsp3) is 0.625. The molecule has 3 heterocycles. The molecule has 22 heavy (non-hydrogen) atoms. The van der Waals surface area contributed by atoms with Crippen LogP contribution < -0.4 is 5.32 Å². The number of aryl methyl sites for hydroxylation is 1. The van der Waals surface area contributed by atoms with Crippen molar-refractivity contribution < 1.29 is 5.11 Å². The van der Waals surface area contributed by atoms with E-state index in [1.54, 1.807) is 6.20 Å². The molecular formula is C16H23N5O. The molecule has 0 amide bonds. The lowest BCUT2D eigenvalue weighted by molar-refractivity contribution is 0.145. The van der Waals surface area contributed by atoms with E-state index in [1.807, 2.05) is 18.7 Å². The Morgan fingerprint density at radius 3 is 3.18 bits per heavy atom. The van der Waals surface area contributed by atoms with Gasteiger partial charge in [-0.15, -0.1) is 0 Å². The molecule has 0 aromatic carbocycles. The number of nitrogens with zero attached hydrogens (tertiary/aromatic N) is 4. The minimum Gasteiger partial charge on any atom is -0.391 e. The average Bonchev–Trinajstić information content (AvgIpc) is 3.23. The summed E-state index contributed by atoms with van der Waals surface area (Å²) >= 11 is 0. The van der Waals surface area contributed by atoms with Gasteiger partial charge in [-0.25, -0.2) is 9.97 Å². The molecule has 1 saturated carbocycles. The third kappa shape index (κ3) is 2.68. The number of aliphatic hydroxyl groups is 1. The van der Waals surface area contributed by atoms with Crippen LogP contribution in [0.3, 0.4) is 0 Å². The summed E-state index contributed by atoms with van der Waals surface area (Å²) in [7, 11) is 0. The predicted octanol–water partition coefficient (Wildman–Crippen LogP) is 0.955. The topological polar surface area (TPSA) is 67.9 Å². The fourth-order valence-corrected chi connectivity index (χ4v) is 3.88. The van der Waals surface area contributed by atoms with Crippen LogP contribution in [0, 0.1) is 5.92 Å². The first kappa shape index (κ1) is 14.0. The second kappa shape index (κ2) is 5.85. The second-order valence-electron chi connectivity index (χ2n) is 6.57. The predicted molar refractivity (Wildman–Crippen MR) is 82.1 cm³/mol. The van der Waals surface area contributed by atoms with Gasteiger partial charge in [-0.3, -0.25) is 0 Å². The largest absolute Gasteiger partial charge is 0.391 e. The van der Waals surface area contributed by atoms with Gasteiger partial charge >= 0.3 is 0 Å². The van der Waals surface area contributed by atoms with Crippen LogP contribution in [0.25, 0.3) is 0 Å². The van der Waals surface area contributed by atoms with Crippen LogP contribution in [0.1, 0.15) is 30.8 Å². The van der Waals surface area contributed by atoms with Gasteiger partial charge in [0, 0.05) is 50.7 Å². The molecule has 2 aromatic heterocycles. The summed E-state index contributed by atoms with van der Waals surface area (Å²) < 4.78 is 4.42. The van der Waals surface area contributed by atoms with Crippen LogP contribution in [0.5, 0.6) is 0 Å². The number of nitrogens with one attached hydrogen (secondary N) is 1. The third-order valence-corrected chi connectivity index (χ3v) is 5.00. The highest BCUT2D eigenvalue weighted by Crippen LogP contribution is 2.28. The molecule has 2 aliphatic rings. The van der Waals surface area contributed by atoms with E-state index in [0.717, 1.165) is 38.9 Å². The van der Waals surface area contributed by atoms with Gasteiger partial charge in [0.05, 0.1) is 18.1 Å². The highest BCUT2D eigenvalue weighted by molar-refractivity contribution is 5.09. The van der Waals surface area contributed by atoms with Crippen molar-refractivity contribution >= 4 is 0 Å². The summed E-state index contributed by atoms with van der Waals surface area (Å²) in [4.78, 5) is 8.56. The Morgan fingerprint density at radius 1 is 1.36 bits per heavy atom. The van der Waals surface area contributed by atoms with E-state index in [0.29, 0.717) is 5.92 Å². The minimum atomic E-state index is -0.255. The fourth-order valence-electron chi connectivity index (χ4n) is 3.88. The lowest BCUT2D eigenvalue weighted by atomic mass is 10.1. The molecule has 2 aromatic rings. The summed E-state index contributed by atoms with van der Waals surface area (Å²) in [5.74, 6) is 1.72. The lowest BCUT2D eigenvalue weighted by Crippen LogP contribution is -2.35. The number of rotatable bonds is 5. The monoisotopic (exact) mass is 301 g/mol. The first-order valence-corrected chi connectivity index (χ1v) is 8.20. The Labute approximate surface area is 130 Å². The highest BCUT2D eigenvalue weighted by atomic mass is 16.3. The third-order valence-electron chi connectivity index (χ3n) is 5.00. The van der Waals surface area contributed by atoms with Crippen molar-refractivity contribution in [3.8, 4) is 0 Å². The summed E-state index contributed by atoms with van der Waals surface area (Å²) in [6.45, 7) is 2.83. The van der Waals surface area contributed by atoms with Crippen LogP contribution >= 0.6 is 0 Å². The van der Waals surface area contributed by atoms with Crippen LogP contribution in [0.15, 0.2) is 24.9 Å². The Kier molecular flexibility index (Phi) is 3.72. The number of aliphatic hydroxyl groups excluding tert-OH is 1. The van der Waals surface area contributed by atoms with Crippen molar-refractivity contribution in [2.75, 3.05) is 0 Å². The average molecular weight is 301 g/mol. The van der Waals surface area contributed by atoms with Gasteiger partial charge in [-0.2, -0.15) is 0 Å². The molecule has 118 valence electrons. The SMILES string of the molecule is O[C@@H]1CC(Cn2ccnc2)C[C@H]1NCc1cnc2n1CCC2. The van der Waals surface area contributed by atoms with Crippen LogP contribution in [0.2, 0.25) is 0 Å². The summed E-state index contributed by atoms with van der Waals surface area (Å²) in [6, 6.07) is 0.182. The normalized spacial score (nSPS) is 27.4. The Hall–Kier alpha value is -1.66. The molecule has 0 spiro atoms. The maximum absolute atomic E-state index is 10.3. The second-order valence-corrected chi connectivity index (χ2v) is 6.57. The van der Waals surface area contributed by atoms with E-state index in [2.05, 4.69) is 24.4 Å². The number of imidazole rings is 2. The lowest BCUT2D eigenvalue weighted by Gasteiger charge is -2.17. The van der Waals surface area contributed by atoms with Crippen molar-refractivity contribution in [3.63, 3.8) is 0 Å². The first-order valence-electron chi connectivity index (χ1n) is 8.20. The number of hydrogen-bond acceptors (Lipinski definition) is 4. The van der Waals surface area contributed by atoms with E-state index in [1.165, 1.54) is 17.9 Å². The molecule has 0 bridgehead atoms. The maximum Gasteiger partial charge on any atom is 0.108 e. The van der Waals surface area contributed by atoms with Crippen molar-refractivity contribution in [3.05, 3.63) is 36.4 Å². The molecular weight excluding hydrogens is 278 g/mol. The van der Waals surface area contributed by atoms with Gasteiger partial charge < -0.3 is 19.6 Å². The van der Waals surface area contributed by atoms with E-state index < -0.39 is 0 Å². The van der Waals surface area contributed by atoms with Crippen molar-refractivity contribution in [2.24, 2.45) is 5.92 Å². The molecule has 1 aliphatic heterocycles. The zero-order valence-corrected chi connectivity index (χ0v) is 12.7. The minimum absolute atomic E-state index is 0.182. The molecule has 2 N–H and O–H groups in total. The van der Waals surface area contributed by atoms with Crippen LogP contribution in [-0.4, -0.2) is 36.4 Å². The van der Waals surface area contributed by atoms with E-state index in [4.69, 9.17) is 0 Å². The Balaban J connectivity index is 1.33. The standard InChI is InChI=1S/C16H23N5O/c22-15-7-12(10-20-5-3-17-11-20)6-14(15)18-8-13-9-19-16-2-1-4-21(13)16/h3,5,9,11-12,14-15,18,22H,1-2,4,6-8,10H2/t12?,14-,15-/m1/s1. The molecule has 1 aliphatic carbocycles. The smallest absolute Gasteiger partial charge is 0.108 e. The maximum atomic E-state index is 10.3. The molecule has 6 heteroatoms. The zero-order valence-electron chi connectivity index (χ0n) is 12.7. The van der Waals surface area contributed by atoms with Gasteiger partial charge in [-0.05, 0) is 25.2 Å². The Morgan fingerprint density at radius 2 is 2.32 bits per heavy atom. The van der Waals surface area contributed by atoms with Gasteiger partial charge in [0.15, 0.2) is 0 Å². The quantitative estimate of drug-likeness (QED) is 0.863. The van der Waals surface area contributed by atoms with Gasteiger partial charge in [-0.1, -0.05) is 0 Å². The summed E-state index contributed by atoms with van der Waals surface area (Å²) in [6.07, 6.45) is 11.5. The molecule has 0 radical (unpaired) electrons. The first-order chi connectivity index (χ1) is 10.8. The molecule has 1 unspecified atom stereocenters. The Bertz CT molecular complexity index is 621. The van der Waals surface area contributed by atoms with Crippen molar-refractivity contribution in [1.29, 1.82) is 0 Å². The van der Waals surface area contributed by atoms with E-state index >= 15 is 0 Å². The van der Waals surface area contributed by atoms with Gasteiger partial charge in [0.2, 0.25) is 0 Å². The van der Waals surface area contributed by atoms with Crippen LogP contribution in [0.4, 0.5) is 0 Å². The highest BCUT2D eigenvalue weighted by Gasteiger charge is 2.32. The van der Waals surface area contributed by atoms with Crippen LogP contribution in [-0.2, 0) is 26.1 Å². The molecule has 0 saturated heterocycles. The molecule has 4 rings (SSSR count). The molecule has 3 atom stereocenters. The molecule has 6 nitrogen and oxygen atoms in total.